The number of esters is 2. The van der Waals surface area contributed by atoms with Gasteiger partial charge in [-0.05, 0) is 26.0 Å². The van der Waals surface area contributed by atoms with Gasteiger partial charge in [0.2, 0.25) is 18.3 Å². The van der Waals surface area contributed by atoms with Gasteiger partial charge in [-0.2, -0.15) is 0 Å². The van der Waals surface area contributed by atoms with Gasteiger partial charge in [0.1, 0.15) is 12.2 Å². The molecule has 2 aliphatic rings. The van der Waals surface area contributed by atoms with Gasteiger partial charge in [0.25, 0.3) is 0 Å². The van der Waals surface area contributed by atoms with E-state index in [9.17, 15) is 9.59 Å². The molecule has 0 amide bonds. The van der Waals surface area contributed by atoms with E-state index in [4.69, 9.17) is 37.9 Å². The zero-order valence-corrected chi connectivity index (χ0v) is 24.3. The summed E-state index contributed by atoms with van der Waals surface area (Å²) in [6.07, 6.45) is 0.126. The van der Waals surface area contributed by atoms with Crippen LogP contribution in [0.5, 0.6) is 34.5 Å². The van der Waals surface area contributed by atoms with Gasteiger partial charge in [-0.1, -0.05) is 19.9 Å². The number of methoxy groups -OCH3 is 4. The fourth-order valence-electron chi connectivity index (χ4n) is 5.33. The summed E-state index contributed by atoms with van der Waals surface area (Å²) in [5.74, 6) is 0.625. The van der Waals surface area contributed by atoms with Crippen LogP contribution < -0.4 is 28.4 Å². The lowest BCUT2D eigenvalue weighted by Gasteiger charge is -2.38. The Morgan fingerprint density at radius 1 is 0.800 bits per heavy atom. The second kappa shape index (κ2) is 11.6. The fourth-order valence-corrected chi connectivity index (χ4v) is 5.33. The predicted molar refractivity (Wildman–Crippen MR) is 145 cm³/mol. The molecule has 0 N–H and O–H groups in total. The van der Waals surface area contributed by atoms with Crippen molar-refractivity contribution in [1.29, 1.82) is 0 Å². The summed E-state index contributed by atoms with van der Waals surface area (Å²) < 4.78 is 47.0. The quantitative estimate of drug-likeness (QED) is 0.318. The molecule has 40 heavy (non-hydrogen) atoms. The summed E-state index contributed by atoms with van der Waals surface area (Å²) in [6.45, 7) is 8.71. The molecule has 4 rings (SSSR count). The molecule has 1 aliphatic carbocycles. The number of carbonyl (C=O) groups is 2. The number of hydrogen-bond acceptors (Lipinski definition) is 10. The Labute approximate surface area is 234 Å². The van der Waals surface area contributed by atoms with E-state index < -0.39 is 24.1 Å². The maximum atomic E-state index is 13.2. The fraction of sp³-hybridized carbons (Fsp3) is 0.467. The Balaban J connectivity index is 2.20. The molecule has 0 unspecified atom stereocenters. The molecule has 0 bridgehead atoms. The lowest BCUT2D eigenvalue weighted by atomic mass is 9.74. The van der Waals surface area contributed by atoms with E-state index in [0.717, 1.165) is 0 Å². The predicted octanol–water partition coefficient (Wildman–Crippen LogP) is 5.56. The van der Waals surface area contributed by atoms with Gasteiger partial charge in [-0.3, -0.25) is 4.79 Å². The van der Waals surface area contributed by atoms with E-state index in [1.807, 2.05) is 13.8 Å². The molecule has 2 aromatic carbocycles. The smallest absolute Gasteiger partial charge is 0.333 e. The van der Waals surface area contributed by atoms with E-state index in [-0.39, 0.29) is 18.6 Å². The van der Waals surface area contributed by atoms with Gasteiger partial charge >= 0.3 is 11.9 Å². The maximum absolute atomic E-state index is 13.2. The highest BCUT2D eigenvalue weighted by Gasteiger charge is 2.44. The Morgan fingerprint density at radius 3 is 1.93 bits per heavy atom. The second-order valence-electron chi connectivity index (χ2n) is 9.76. The van der Waals surface area contributed by atoms with Gasteiger partial charge in [-0.15, -0.1) is 0 Å². The van der Waals surface area contributed by atoms with Crippen molar-refractivity contribution in [3.8, 4) is 45.6 Å². The first-order valence-electron chi connectivity index (χ1n) is 13.0. The van der Waals surface area contributed by atoms with Crippen molar-refractivity contribution in [1.82, 2.24) is 0 Å². The van der Waals surface area contributed by atoms with Gasteiger partial charge in [0.15, 0.2) is 23.0 Å². The first kappa shape index (κ1) is 28.9. The van der Waals surface area contributed by atoms with E-state index >= 15 is 0 Å². The lowest BCUT2D eigenvalue weighted by Crippen LogP contribution is -2.31. The lowest BCUT2D eigenvalue weighted by molar-refractivity contribution is -0.157. The number of ether oxygens (including phenoxy) is 8. The van der Waals surface area contributed by atoms with Crippen molar-refractivity contribution >= 4 is 11.9 Å². The summed E-state index contributed by atoms with van der Waals surface area (Å²) in [4.78, 5) is 25.6. The summed E-state index contributed by atoms with van der Waals surface area (Å²) in [7, 11) is 6.05. The normalized spacial score (nSPS) is 21.3. The van der Waals surface area contributed by atoms with Gasteiger partial charge in [0, 0.05) is 46.6 Å². The summed E-state index contributed by atoms with van der Waals surface area (Å²) in [5.41, 5.74) is 2.74. The molecule has 0 radical (unpaired) electrons. The SMILES string of the molecule is C/C=C(\C)C(=O)O[C@H]1c2cc3c(c(OC)c2-c2c(cc(OC)c(OC)c2OC)[C@H](OC(C)=O)[C@@H](C)[C@H]1C)OCO3. The number of rotatable bonds is 7. The highest BCUT2D eigenvalue weighted by Crippen LogP contribution is 2.60. The van der Waals surface area contributed by atoms with Crippen molar-refractivity contribution < 1.29 is 47.5 Å². The largest absolute Gasteiger partial charge is 0.493 e. The number of benzene rings is 2. The van der Waals surface area contributed by atoms with E-state index in [1.54, 1.807) is 32.1 Å². The molecule has 10 nitrogen and oxygen atoms in total. The third kappa shape index (κ3) is 4.76. The molecular weight excluding hydrogens is 520 g/mol. The molecule has 0 saturated carbocycles. The summed E-state index contributed by atoms with van der Waals surface area (Å²) >= 11 is 0. The molecule has 0 aromatic heterocycles. The van der Waals surface area contributed by atoms with Crippen LogP contribution in [0.15, 0.2) is 23.8 Å². The van der Waals surface area contributed by atoms with E-state index in [2.05, 4.69) is 0 Å². The monoisotopic (exact) mass is 556 g/mol. The number of carbonyl (C=O) groups excluding carboxylic acids is 2. The van der Waals surface area contributed by atoms with E-state index in [0.29, 0.717) is 62.3 Å². The maximum Gasteiger partial charge on any atom is 0.333 e. The molecule has 2 aromatic rings. The van der Waals surface area contributed by atoms with Crippen LogP contribution in [0.4, 0.5) is 0 Å². The zero-order valence-electron chi connectivity index (χ0n) is 24.3. The Morgan fingerprint density at radius 2 is 1.38 bits per heavy atom. The van der Waals surface area contributed by atoms with Crippen LogP contribution in [0, 0.1) is 11.8 Å². The minimum Gasteiger partial charge on any atom is -0.493 e. The molecule has 0 spiro atoms. The first-order chi connectivity index (χ1) is 19.1. The van der Waals surface area contributed by atoms with Crippen LogP contribution in [0.25, 0.3) is 11.1 Å². The Hall–Kier alpha value is -4.08. The number of allylic oxidation sites excluding steroid dienone is 1. The average Bonchev–Trinajstić information content (AvgIpc) is 3.43. The van der Waals surface area contributed by atoms with Crippen molar-refractivity contribution in [2.45, 2.75) is 46.8 Å². The van der Waals surface area contributed by atoms with Crippen molar-refractivity contribution in [3.63, 3.8) is 0 Å². The molecule has 4 atom stereocenters. The van der Waals surface area contributed by atoms with Crippen molar-refractivity contribution in [2.24, 2.45) is 11.8 Å². The van der Waals surface area contributed by atoms with Crippen LogP contribution in [0.2, 0.25) is 0 Å². The molecule has 0 saturated heterocycles. The van der Waals surface area contributed by atoms with Crippen LogP contribution in [-0.2, 0) is 19.1 Å². The molecule has 1 aliphatic heterocycles. The van der Waals surface area contributed by atoms with Crippen LogP contribution in [0.1, 0.15) is 58.0 Å². The standard InChI is InChI=1S/C30H36O10/c1-10-14(2)30(32)40-25-16(4)15(3)24(39-17(5)31)18-11-20(33-6)26(34-7)28(35-8)22(18)23-19(25)12-21-27(29(23)36-9)38-13-37-21/h10-12,15-16,24-25H,13H2,1-9H3/b14-10+/t15-,16+,24+,25+/m0/s1. The molecule has 216 valence electrons. The van der Waals surface area contributed by atoms with Crippen molar-refractivity contribution in [3.05, 3.63) is 34.9 Å². The topological polar surface area (TPSA) is 108 Å². The Bertz CT molecular complexity index is 1340. The highest BCUT2D eigenvalue weighted by atomic mass is 16.7. The molecule has 10 heteroatoms. The average molecular weight is 557 g/mol. The van der Waals surface area contributed by atoms with Gasteiger partial charge in [0.05, 0.1) is 28.4 Å². The van der Waals surface area contributed by atoms with Crippen molar-refractivity contribution in [2.75, 3.05) is 35.2 Å². The summed E-state index contributed by atoms with van der Waals surface area (Å²) in [5, 5.41) is 0. The molecular formula is C30H36O10. The van der Waals surface area contributed by atoms with Crippen LogP contribution in [0.3, 0.4) is 0 Å². The molecule has 0 fully saturated rings. The minimum absolute atomic E-state index is 0.00528. The number of fused-ring (bicyclic) bond motifs is 4. The molecule has 1 heterocycles. The minimum atomic E-state index is -0.792. The van der Waals surface area contributed by atoms with Crippen LogP contribution >= 0.6 is 0 Å². The van der Waals surface area contributed by atoms with E-state index in [1.165, 1.54) is 35.4 Å². The third-order valence-corrected chi connectivity index (χ3v) is 7.64. The Kier molecular flexibility index (Phi) is 8.37. The van der Waals surface area contributed by atoms with Gasteiger partial charge < -0.3 is 37.9 Å². The summed E-state index contributed by atoms with van der Waals surface area (Å²) in [6, 6.07) is 3.58. The third-order valence-electron chi connectivity index (χ3n) is 7.64. The highest BCUT2D eigenvalue weighted by molar-refractivity contribution is 5.91. The van der Waals surface area contributed by atoms with Crippen LogP contribution in [-0.4, -0.2) is 47.2 Å². The first-order valence-corrected chi connectivity index (χ1v) is 13.0. The zero-order chi connectivity index (χ0) is 29.3. The number of hydrogen-bond donors (Lipinski definition) is 0. The van der Waals surface area contributed by atoms with Gasteiger partial charge in [-0.25, -0.2) is 4.79 Å². The second-order valence-corrected chi connectivity index (χ2v) is 9.76.